The summed E-state index contributed by atoms with van der Waals surface area (Å²) in [6, 6.07) is 21.0. The summed E-state index contributed by atoms with van der Waals surface area (Å²) in [5.74, 6) is 0.497. The number of hydrogen-bond acceptors (Lipinski definition) is 4. The van der Waals surface area contributed by atoms with E-state index in [1.165, 1.54) is 11.3 Å². The van der Waals surface area contributed by atoms with E-state index in [0.29, 0.717) is 28.0 Å². The molecule has 8 heteroatoms. The van der Waals surface area contributed by atoms with E-state index in [9.17, 15) is 4.79 Å². The molecular weight excluding hydrogens is 465 g/mol. The highest BCUT2D eigenvalue weighted by molar-refractivity contribution is 7.07. The summed E-state index contributed by atoms with van der Waals surface area (Å²) in [6.07, 6.45) is 0. The molecule has 0 saturated carbocycles. The van der Waals surface area contributed by atoms with Crippen molar-refractivity contribution in [1.29, 1.82) is 0 Å². The Labute approximate surface area is 198 Å². The van der Waals surface area contributed by atoms with Crippen molar-refractivity contribution in [2.45, 2.75) is 6.54 Å². The average molecular weight is 482 g/mol. The smallest absolute Gasteiger partial charge is 0.262 e. The van der Waals surface area contributed by atoms with Crippen LogP contribution in [0.25, 0.3) is 11.3 Å². The van der Waals surface area contributed by atoms with Gasteiger partial charge in [-0.25, -0.2) is 4.99 Å². The molecule has 5 nitrogen and oxygen atoms in total. The number of nitrogens with zero attached hydrogens (tertiary/aromatic N) is 2. The molecule has 1 N–H and O–H groups in total. The molecule has 3 aromatic carbocycles. The van der Waals surface area contributed by atoms with Crippen LogP contribution in [-0.4, -0.2) is 17.1 Å². The first-order valence-electron chi connectivity index (χ1n) is 9.85. The second-order valence-corrected chi connectivity index (χ2v) is 8.97. The van der Waals surface area contributed by atoms with Crippen molar-refractivity contribution in [3.63, 3.8) is 0 Å². The molecule has 1 aliphatic heterocycles. The fourth-order valence-corrected chi connectivity index (χ4v) is 4.84. The second-order valence-electron chi connectivity index (χ2n) is 7.26. The van der Waals surface area contributed by atoms with E-state index in [-0.39, 0.29) is 12.5 Å². The Kier molecular flexibility index (Phi) is 5.74. The predicted molar refractivity (Wildman–Crippen MR) is 129 cm³/mol. The van der Waals surface area contributed by atoms with Crippen LogP contribution in [0.15, 0.2) is 77.1 Å². The largest absolute Gasteiger partial charge is 0.482 e. The van der Waals surface area contributed by atoms with Gasteiger partial charge in [0.05, 0.1) is 23.6 Å². The minimum atomic E-state index is -0.164. The van der Waals surface area contributed by atoms with E-state index in [2.05, 4.69) is 15.3 Å². The van der Waals surface area contributed by atoms with E-state index >= 15 is 0 Å². The molecule has 0 radical (unpaired) electrons. The van der Waals surface area contributed by atoms with Gasteiger partial charge in [-0.05, 0) is 54.1 Å². The zero-order valence-electron chi connectivity index (χ0n) is 16.7. The van der Waals surface area contributed by atoms with Crippen molar-refractivity contribution >= 4 is 51.8 Å². The number of carbonyl (C=O) groups is 1. The second kappa shape index (κ2) is 8.82. The Morgan fingerprint density at radius 3 is 2.66 bits per heavy atom. The highest BCUT2D eigenvalue weighted by atomic mass is 35.5. The van der Waals surface area contributed by atoms with E-state index in [0.717, 1.165) is 27.3 Å². The Morgan fingerprint density at radius 2 is 1.84 bits per heavy atom. The highest BCUT2D eigenvalue weighted by Gasteiger charge is 2.18. The normalized spacial score (nSPS) is 13.4. The average Bonchev–Trinajstić information content (AvgIpc) is 3.15. The first kappa shape index (κ1) is 20.8. The van der Waals surface area contributed by atoms with Gasteiger partial charge in [0.25, 0.3) is 5.91 Å². The maximum Gasteiger partial charge on any atom is 0.262 e. The van der Waals surface area contributed by atoms with E-state index in [1.807, 2.05) is 66.7 Å². The van der Waals surface area contributed by atoms with Gasteiger partial charge in [0, 0.05) is 21.0 Å². The molecule has 4 aromatic rings. The molecule has 1 aliphatic rings. The maximum atomic E-state index is 11.8. The van der Waals surface area contributed by atoms with Crippen LogP contribution in [0.1, 0.15) is 5.56 Å². The monoisotopic (exact) mass is 481 g/mol. The van der Waals surface area contributed by atoms with Gasteiger partial charge in [0.2, 0.25) is 0 Å². The van der Waals surface area contributed by atoms with Crippen molar-refractivity contribution in [2.24, 2.45) is 4.99 Å². The standard InChI is InChI=1S/C24H17Cl2N3O2S/c25-17-4-1-3-15(9-17)12-29-21(14-32-24(29)27-19-6-2-5-18(26)11-19)16-7-8-22-20(10-16)28-23(30)13-31-22/h1-11,14H,12-13H2,(H,28,30). The Balaban J connectivity index is 1.64. The predicted octanol–water partition coefficient (Wildman–Crippen LogP) is 6.14. The summed E-state index contributed by atoms with van der Waals surface area (Å²) in [5.41, 5.74) is 4.41. The van der Waals surface area contributed by atoms with Crippen molar-refractivity contribution in [3.8, 4) is 17.0 Å². The summed E-state index contributed by atoms with van der Waals surface area (Å²) >= 11 is 13.9. The zero-order chi connectivity index (χ0) is 22.1. The van der Waals surface area contributed by atoms with Crippen LogP contribution in [0.4, 0.5) is 11.4 Å². The number of thiazole rings is 1. The Bertz CT molecular complexity index is 1390. The van der Waals surface area contributed by atoms with Crippen LogP contribution in [0.5, 0.6) is 5.75 Å². The van der Waals surface area contributed by atoms with Crippen LogP contribution < -0.4 is 14.9 Å². The lowest BCUT2D eigenvalue weighted by Crippen LogP contribution is -2.25. The maximum absolute atomic E-state index is 11.8. The molecule has 0 bridgehead atoms. The van der Waals surface area contributed by atoms with Gasteiger partial charge in [-0.1, -0.05) is 41.4 Å². The van der Waals surface area contributed by atoms with Crippen LogP contribution in [0, 0.1) is 0 Å². The summed E-state index contributed by atoms with van der Waals surface area (Å²) in [6.45, 7) is 0.612. The van der Waals surface area contributed by atoms with Gasteiger partial charge < -0.3 is 14.6 Å². The number of fused-ring (bicyclic) bond motifs is 1. The van der Waals surface area contributed by atoms with Crippen LogP contribution in [-0.2, 0) is 11.3 Å². The van der Waals surface area contributed by atoms with Gasteiger partial charge in [-0.15, -0.1) is 11.3 Å². The van der Waals surface area contributed by atoms with Gasteiger partial charge in [-0.2, -0.15) is 0 Å². The quantitative estimate of drug-likeness (QED) is 0.380. The minimum Gasteiger partial charge on any atom is -0.482 e. The van der Waals surface area contributed by atoms with Crippen molar-refractivity contribution < 1.29 is 9.53 Å². The highest BCUT2D eigenvalue weighted by Crippen LogP contribution is 2.33. The number of hydrogen-bond donors (Lipinski definition) is 1. The van der Waals surface area contributed by atoms with E-state index in [4.69, 9.17) is 32.9 Å². The van der Waals surface area contributed by atoms with Crippen LogP contribution in [0.2, 0.25) is 10.0 Å². The van der Waals surface area contributed by atoms with Crippen LogP contribution in [0.3, 0.4) is 0 Å². The van der Waals surface area contributed by atoms with E-state index < -0.39 is 0 Å². The molecule has 160 valence electrons. The molecule has 32 heavy (non-hydrogen) atoms. The number of rotatable bonds is 4. The van der Waals surface area contributed by atoms with Gasteiger partial charge in [0.15, 0.2) is 11.4 Å². The first-order chi connectivity index (χ1) is 15.5. The molecule has 0 atom stereocenters. The SMILES string of the molecule is O=C1COc2ccc(-c3csc(=Nc4cccc(Cl)c4)n3Cc3cccc(Cl)c3)cc2N1. The number of benzene rings is 3. The zero-order valence-corrected chi connectivity index (χ0v) is 19.0. The molecule has 2 heterocycles. The van der Waals surface area contributed by atoms with Gasteiger partial charge >= 0.3 is 0 Å². The van der Waals surface area contributed by atoms with E-state index in [1.54, 1.807) is 0 Å². The number of aromatic nitrogens is 1. The molecule has 0 spiro atoms. The summed E-state index contributed by atoms with van der Waals surface area (Å²) in [7, 11) is 0. The molecule has 5 rings (SSSR count). The van der Waals surface area contributed by atoms with Crippen molar-refractivity contribution in [2.75, 3.05) is 11.9 Å². The number of halogens is 2. The third kappa shape index (κ3) is 4.43. The number of carbonyl (C=O) groups excluding carboxylic acids is 1. The van der Waals surface area contributed by atoms with Gasteiger partial charge in [0.1, 0.15) is 5.75 Å². The Hall–Kier alpha value is -3.06. The fourth-order valence-electron chi connectivity index (χ4n) is 3.52. The lowest BCUT2D eigenvalue weighted by Gasteiger charge is -2.19. The molecule has 0 unspecified atom stereocenters. The third-order valence-electron chi connectivity index (χ3n) is 4.97. The third-order valence-corrected chi connectivity index (χ3v) is 6.30. The number of nitrogens with one attached hydrogen (secondary N) is 1. The summed E-state index contributed by atoms with van der Waals surface area (Å²) in [5, 5.41) is 6.25. The molecule has 0 fully saturated rings. The number of amides is 1. The van der Waals surface area contributed by atoms with Gasteiger partial charge in [-0.3, -0.25) is 4.79 Å². The Morgan fingerprint density at radius 1 is 1.03 bits per heavy atom. The topological polar surface area (TPSA) is 55.6 Å². The first-order valence-corrected chi connectivity index (χ1v) is 11.5. The molecule has 1 amide bonds. The van der Waals surface area contributed by atoms with Crippen molar-refractivity contribution in [3.05, 3.63) is 92.5 Å². The molecule has 0 aliphatic carbocycles. The summed E-state index contributed by atoms with van der Waals surface area (Å²) < 4.78 is 7.63. The lowest BCUT2D eigenvalue weighted by atomic mass is 10.1. The van der Waals surface area contributed by atoms with Crippen LogP contribution >= 0.6 is 34.5 Å². The molecule has 0 saturated heterocycles. The molecule has 1 aromatic heterocycles. The minimum absolute atomic E-state index is 0.0300. The van der Waals surface area contributed by atoms with Crippen molar-refractivity contribution in [1.82, 2.24) is 4.57 Å². The molecular formula is C24H17Cl2N3O2S. The summed E-state index contributed by atoms with van der Waals surface area (Å²) in [4.78, 5) is 17.4. The fraction of sp³-hybridized carbons (Fsp3) is 0.0833. The number of anilines is 1. The number of ether oxygens (including phenoxy) is 1. The lowest BCUT2D eigenvalue weighted by molar-refractivity contribution is -0.118.